The van der Waals surface area contributed by atoms with Crippen molar-refractivity contribution in [2.45, 2.75) is 51.5 Å². The predicted molar refractivity (Wildman–Crippen MR) is 68.0 cm³/mol. The summed E-state index contributed by atoms with van der Waals surface area (Å²) in [5, 5.41) is 3.45. The average Bonchev–Trinajstić information content (AvgIpc) is 2.34. The van der Waals surface area contributed by atoms with E-state index in [-0.39, 0.29) is 6.29 Å². The summed E-state index contributed by atoms with van der Waals surface area (Å²) in [5.41, 5.74) is 0. The van der Waals surface area contributed by atoms with Crippen molar-refractivity contribution >= 4 is 0 Å². The third-order valence-corrected chi connectivity index (χ3v) is 3.80. The van der Waals surface area contributed by atoms with Crippen LogP contribution in [0.25, 0.3) is 0 Å². The third-order valence-electron chi connectivity index (χ3n) is 3.80. The van der Waals surface area contributed by atoms with Gasteiger partial charge in [0.1, 0.15) is 0 Å². The van der Waals surface area contributed by atoms with E-state index in [1.165, 1.54) is 12.8 Å². The summed E-state index contributed by atoms with van der Waals surface area (Å²) in [5.74, 6) is 0. The Bertz CT molecular complexity index is 209. The van der Waals surface area contributed by atoms with Crippen molar-refractivity contribution in [1.82, 2.24) is 10.2 Å². The van der Waals surface area contributed by atoms with E-state index in [1.807, 2.05) is 0 Å². The summed E-state index contributed by atoms with van der Waals surface area (Å²) < 4.78 is 11.4. The fraction of sp³-hybridized carbons (Fsp3) is 1.00. The van der Waals surface area contributed by atoms with Gasteiger partial charge in [-0.25, -0.2) is 0 Å². The molecule has 2 aliphatic heterocycles. The highest BCUT2D eigenvalue weighted by molar-refractivity contribution is 4.82. The van der Waals surface area contributed by atoms with Gasteiger partial charge < -0.3 is 14.8 Å². The number of nitrogens with zero attached hydrogens (tertiary/aromatic N) is 1. The van der Waals surface area contributed by atoms with Crippen LogP contribution in [-0.4, -0.2) is 56.1 Å². The van der Waals surface area contributed by atoms with E-state index >= 15 is 0 Å². The molecule has 0 aromatic rings. The lowest BCUT2D eigenvalue weighted by Gasteiger charge is -2.39. The van der Waals surface area contributed by atoms with Gasteiger partial charge >= 0.3 is 0 Å². The van der Waals surface area contributed by atoms with Crippen molar-refractivity contribution in [3.8, 4) is 0 Å². The molecule has 0 spiro atoms. The zero-order chi connectivity index (χ0) is 12.1. The second-order valence-corrected chi connectivity index (χ2v) is 5.26. The first-order valence-electron chi connectivity index (χ1n) is 6.97. The second kappa shape index (κ2) is 6.69. The minimum absolute atomic E-state index is 0.0530. The molecule has 2 rings (SSSR count). The fourth-order valence-corrected chi connectivity index (χ4v) is 2.74. The van der Waals surface area contributed by atoms with E-state index in [0.29, 0.717) is 12.1 Å². The standard InChI is InChI=1S/C13H26N2O2/c1-11-9-14-10-12(2)15(11)6-8-17-13-5-3-4-7-16-13/h11-14H,3-10H2,1-2H3. The molecule has 0 radical (unpaired) electrons. The van der Waals surface area contributed by atoms with Crippen molar-refractivity contribution in [1.29, 1.82) is 0 Å². The topological polar surface area (TPSA) is 33.7 Å². The molecular weight excluding hydrogens is 216 g/mol. The molecule has 100 valence electrons. The van der Waals surface area contributed by atoms with Crippen LogP contribution in [-0.2, 0) is 9.47 Å². The molecule has 1 N–H and O–H groups in total. The van der Waals surface area contributed by atoms with Gasteiger partial charge in [-0.1, -0.05) is 0 Å². The van der Waals surface area contributed by atoms with E-state index in [1.54, 1.807) is 0 Å². The Morgan fingerprint density at radius 2 is 2.00 bits per heavy atom. The smallest absolute Gasteiger partial charge is 0.157 e. The molecule has 4 heteroatoms. The maximum atomic E-state index is 5.80. The maximum Gasteiger partial charge on any atom is 0.157 e. The van der Waals surface area contributed by atoms with Crippen LogP contribution in [0.1, 0.15) is 33.1 Å². The highest BCUT2D eigenvalue weighted by atomic mass is 16.7. The molecule has 2 heterocycles. The molecule has 2 saturated heterocycles. The lowest BCUT2D eigenvalue weighted by molar-refractivity contribution is -0.165. The van der Waals surface area contributed by atoms with Gasteiger partial charge in [0, 0.05) is 38.3 Å². The Hall–Kier alpha value is -0.160. The maximum absolute atomic E-state index is 5.80. The Labute approximate surface area is 105 Å². The quantitative estimate of drug-likeness (QED) is 0.803. The van der Waals surface area contributed by atoms with Gasteiger partial charge in [-0.15, -0.1) is 0 Å². The van der Waals surface area contributed by atoms with Crippen molar-refractivity contribution in [2.75, 3.05) is 32.8 Å². The van der Waals surface area contributed by atoms with E-state index in [9.17, 15) is 0 Å². The van der Waals surface area contributed by atoms with E-state index in [0.717, 1.165) is 39.3 Å². The molecule has 0 aromatic carbocycles. The molecular formula is C13H26N2O2. The molecule has 3 unspecified atom stereocenters. The van der Waals surface area contributed by atoms with Gasteiger partial charge in [-0.3, -0.25) is 4.90 Å². The number of hydrogen-bond acceptors (Lipinski definition) is 4. The number of piperazine rings is 1. The van der Waals surface area contributed by atoms with Crippen molar-refractivity contribution in [3.63, 3.8) is 0 Å². The molecule has 4 nitrogen and oxygen atoms in total. The number of nitrogens with one attached hydrogen (secondary N) is 1. The van der Waals surface area contributed by atoms with E-state index in [2.05, 4.69) is 24.1 Å². The van der Waals surface area contributed by atoms with Crippen LogP contribution < -0.4 is 5.32 Å². The largest absolute Gasteiger partial charge is 0.353 e. The van der Waals surface area contributed by atoms with Crippen molar-refractivity contribution in [2.24, 2.45) is 0 Å². The Balaban J connectivity index is 1.66. The normalized spacial score (nSPS) is 36.0. The lowest BCUT2D eigenvalue weighted by Crippen LogP contribution is -2.55. The second-order valence-electron chi connectivity index (χ2n) is 5.26. The van der Waals surface area contributed by atoms with E-state index in [4.69, 9.17) is 9.47 Å². The number of rotatable bonds is 4. The highest BCUT2D eigenvalue weighted by Gasteiger charge is 2.24. The first-order valence-corrected chi connectivity index (χ1v) is 6.97. The minimum Gasteiger partial charge on any atom is -0.353 e. The summed E-state index contributed by atoms with van der Waals surface area (Å²) in [6, 6.07) is 1.21. The number of hydrogen-bond donors (Lipinski definition) is 1. The average molecular weight is 242 g/mol. The van der Waals surface area contributed by atoms with Gasteiger partial charge in [0.15, 0.2) is 6.29 Å². The van der Waals surface area contributed by atoms with Crippen LogP contribution in [0.2, 0.25) is 0 Å². The van der Waals surface area contributed by atoms with Gasteiger partial charge in [-0.05, 0) is 33.1 Å². The SMILES string of the molecule is CC1CNCC(C)N1CCOC1CCCCO1. The van der Waals surface area contributed by atoms with Gasteiger partial charge in [-0.2, -0.15) is 0 Å². The van der Waals surface area contributed by atoms with Crippen molar-refractivity contribution < 1.29 is 9.47 Å². The van der Waals surface area contributed by atoms with E-state index < -0.39 is 0 Å². The Morgan fingerprint density at radius 3 is 2.65 bits per heavy atom. The highest BCUT2D eigenvalue weighted by Crippen LogP contribution is 2.14. The number of ether oxygens (including phenoxy) is 2. The lowest BCUT2D eigenvalue weighted by atomic mass is 10.1. The van der Waals surface area contributed by atoms with Gasteiger partial charge in [0.05, 0.1) is 6.61 Å². The van der Waals surface area contributed by atoms with Crippen LogP contribution in [0.5, 0.6) is 0 Å². The van der Waals surface area contributed by atoms with Crippen LogP contribution in [0, 0.1) is 0 Å². The first-order chi connectivity index (χ1) is 8.27. The van der Waals surface area contributed by atoms with Gasteiger partial charge in [0.2, 0.25) is 0 Å². The molecule has 0 aromatic heterocycles. The molecule has 0 aliphatic carbocycles. The zero-order valence-corrected chi connectivity index (χ0v) is 11.2. The summed E-state index contributed by atoms with van der Waals surface area (Å²) >= 11 is 0. The third kappa shape index (κ3) is 3.91. The molecule has 17 heavy (non-hydrogen) atoms. The summed E-state index contributed by atoms with van der Waals surface area (Å²) in [7, 11) is 0. The van der Waals surface area contributed by atoms with Crippen LogP contribution in [0.15, 0.2) is 0 Å². The molecule has 3 atom stereocenters. The molecule has 0 bridgehead atoms. The fourth-order valence-electron chi connectivity index (χ4n) is 2.74. The first kappa shape index (κ1) is 13.3. The Morgan fingerprint density at radius 1 is 1.24 bits per heavy atom. The summed E-state index contributed by atoms with van der Waals surface area (Å²) in [4.78, 5) is 2.53. The summed E-state index contributed by atoms with van der Waals surface area (Å²) in [6.45, 7) is 9.41. The monoisotopic (exact) mass is 242 g/mol. The van der Waals surface area contributed by atoms with Gasteiger partial charge in [0.25, 0.3) is 0 Å². The summed E-state index contributed by atoms with van der Waals surface area (Å²) in [6.07, 6.45) is 3.54. The molecule has 0 saturated carbocycles. The van der Waals surface area contributed by atoms with Crippen LogP contribution in [0.3, 0.4) is 0 Å². The van der Waals surface area contributed by atoms with Crippen LogP contribution in [0.4, 0.5) is 0 Å². The minimum atomic E-state index is 0.0530. The van der Waals surface area contributed by atoms with Crippen LogP contribution >= 0.6 is 0 Å². The molecule has 2 aliphatic rings. The molecule has 2 fully saturated rings. The zero-order valence-electron chi connectivity index (χ0n) is 11.2. The van der Waals surface area contributed by atoms with Crippen molar-refractivity contribution in [3.05, 3.63) is 0 Å². The predicted octanol–water partition coefficient (Wildman–Crippen LogP) is 1.21. The Kier molecular flexibility index (Phi) is 5.22. The molecule has 0 amide bonds.